The zero-order chi connectivity index (χ0) is 21.3. The number of nitrogens with zero attached hydrogens (tertiary/aromatic N) is 2. The first-order valence-electron chi connectivity index (χ1n) is 9.79. The predicted molar refractivity (Wildman–Crippen MR) is 124 cm³/mol. The van der Waals surface area contributed by atoms with Crippen LogP contribution in [-0.4, -0.2) is 34.5 Å². The fraction of sp³-hybridized carbons (Fsp3) is 0.318. The molecule has 2 aromatic carbocycles. The summed E-state index contributed by atoms with van der Waals surface area (Å²) in [4.78, 5) is 12.5. The van der Waals surface area contributed by atoms with Crippen molar-refractivity contribution in [1.29, 1.82) is 0 Å². The Morgan fingerprint density at radius 3 is 2.60 bits per heavy atom. The van der Waals surface area contributed by atoms with E-state index in [0.717, 1.165) is 28.6 Å². The van der Waals surface area contributed by atoms with E-state index in [-0.39, 0.29) is 17.2 Å². The third-order valence-electron chi connectivity index (χ3n) is 4.50. The molecule has 1 amide bonds. The van der Waals surface area contributed by atoms with E-state index in [1.54, 1.807) is 7.11 Å². The summed E-state index contributed by atoms with van der Waals surface area (Å²) in [5, 5.41) is 15.1. The van der Waals surface area contributed by atoms with Crippen molar-refractivity contribution in [3.8, 4) is 5.75 Å². The number of aryl methyl sites for hydroxylation is 1. The standard InChI is InChI=1S/C22H26N4O2S2/c1-15(13-14-17-9-5-4-6-10-17)23-20(27)16(2)29-22-26-25-21(30-22)24-18-11-7-8-12-19(18)28-3/h4-12,15-16H,13-14H2,1-3H3,(H,23,27)(H,24,25). The Balaban J connectivity index is 1.48. The minimum Gasteiger partial charge on any atom is -0.495 e. The van der Waals surface area contributed by atoms with Gasteiger partial charge in [-0.05, 0) is 44.4 Å². The van der Waals surface area contributed by atoms with E-state index in [4.69, 9.17) is 4.74 Å². The quantitative estimate of drug-likeness (QED) is 0.435. The molecule has 30 heavy (non-hydrogen) atoms. The molecule has 1 aromatic heterocycles. The van der Waals surface area contributed by atoms with Crippen LogP contribution in [0, 0.1) is 0 Å². The molecule has 0 bridgehead atoms. The first-order chi connectivity index (χ1) is 14.5. The lowest BCUT2D eigenvalue weighted by Crippen LogP contribution is -2.37. The second-order valence-electron chi connectivity index (χ2n) is 6.89. The summed E-state index contributed by atoms with van der Waals surface area (Å²) in [7, 11) is 1.63. The molecule has 0 aliphatic heterocycles. The summed E-state index contributed by atoms with van der Waals surface area (Å²) in [6.07, 6.45) is 1.84. The molecule has 0 radical (unpaired) electrons. The highest BCUT2D eigenvalue weighted by Gasteiger charge is 2.19. The summed E-state index contributed by atoms with van der Waals surface area (Å²) in [6, 6.07) is 18.0. The van der Waals surface area contributed by atoms with Gasteiger partial charge in [0.15, 0.2) is 4.34 Å². The van der Waals surface area contributed by atoms with Gasteiger partial charge in [-0.3, -0.25) is 4.79 Å². The van der Waals surface area contributed by atoms with Gasteiger partial charge in [-0.2, -0.15) is 0 Å². The van der Waals surface area contributed by atoms with Gasteiger partial charge in [-0.1, -0.05) is 65.6 Å². The molecule has 2 unspecified atom stereocenters. The third kappa shape index (κ3) is 6.47. The van der Waals surface area contributed by atoms with Crippen molar-refractivity contribution in [1.82, 2.24) is 15.5 Å². The normalized spacial score (nSPS) is 12.8. The second kappa shape index (κ2) is 11.0. The van der Waals surface area contributed by atoms with E-state index in [1.165, 1.54) is 28.7 Å². The monoisotopic (exact) mass is 442 g/mol. The number of carbonyl (C=O) groups is 1. The van der Waals surface area contributed by atoms with E-state index in [1.807, 2.05) is 56.3 Å². The van der Waals surface area contributed by atoms with Gasteiger partial charge < -0.3 is 15.4 Å². The van der Waals surface area contributed by atoms with Crippen molar-refractivity contribution >= 4 is 39.8 Å². The van der Waals surface area contributed by atoms with E-state index in [2.05, 4.69) is 33.0 Å². The minimum absolute atomic E-state index is 0.00926. The average molecular weight is 443 g/mol. The van der Waals surface area contributed by atoms with E-state index in [9.17, 15) is 4.79 Å². The van der Waals surface area contributed by atoms with E-state index >= 15 is 0 Å². The Labute approximate surface area is 185 Å². The Bertz CT molecular complexity index is 949. The number of nitrogens with one attached hydrogen (secondary N) is 2. The lowest BCUT2D eigenvalue weighted by Gasteiger charge is -2.16. The summed E-state index contributed by atoms with van der Waals surface area (Å²) in [5.41, 5.74) is 2.11. The number of hydrogen-bond donors (Lipinski definition) is 2. The number of anilines is 2. The molecule has 0 saturated heterocycles. The van der Waals surface area contributed by atoms with Gasteiger partial charge in [0.1, 0.15) is 5.75 Å². The number of ether oxygens (including phenoxy) is 1. The number of thioether (sulfide) groups is 1. The predicted octanol–water partition coefficient (Wildman–Crippen LogP) is 4.91. The summed E-state index contributed by atoms with van der Waals surface area (Å²) < 4.78 is 6.08. The maximum absolute atomic E-state index is 12.5. The van der Waals surface area contributed by atoms with Crippen molar-refractivity contribution in [3.05, 3.63) is 60.2 Å². The number of aromatic nitrogens is 2. The highest BCUT2D eigenvalue weighted by atomic mass is 32.2. The molecule has 2 N–H and O–H groups in total. The Morgan fingerprint density at radius 1 is 1.10 bits per heavy atom. The van der Waals surface area contributed by atoms with Crippen molar-refractivity contribution < 1.29 is 9.53 Å². The highest BCUT2D eigenvalue weighted by molar-refractivity contribution is 8.02. The maximum Gasteiger partial charge on any atom is 0.233 e. The van der Waals surface area contributed by atoms with E-state index in [0.29, 0.717) is 5.13 Å². The molecule has 0 spiro atoms. The number of amides is 1. The van der Waals surface area contributed by atoms with Gasteiger partial charge in [0.2, 0.25) is 11.0 Å². The van der Waals surface area contributed by atoms with E-state index < -0.39 is 0 Å². The van der Waals surface area contributed by atoms with Gasteiger partial charge in [0, 0.05) is 6.04 Å². The van der Waals surface area contributed by atoms with Crippen molar-refractivity contribution in [3.63, 3.8) is 0 Å². The lowest BCUT2D eigenvalue weighted by molar-refractivity contribution is -0.120. The zero-order valence-electron chi connectivity index (χ0n) is 17.3. The zero-order valence-corrected chi connectivity index (χ0v) is 18.9. The number of benzene rings is 2. The van der Waals surface area contributed by atoms with Crippen LogP contribution < -0.4 is 15.4 Å². The first kappa shape index (κ1) is 22.1. The van der Waals surface area contributed by atoms with Crippen LogP contribution in [-0.2, 0) is 11.2 Å². The van der Waals surface area contributed by atoms with Crippen LogP contribution in [0.25, 0.3) is 0 Å². The van der Waals surface area contributed by atoms with Crippen LogP contribution in [0.5, 0.6) is 5.75 Å². The SMILES string of the molecule is COc1ccccc1Nc1nnc(SC(C)C(=O)NC(C)CCc2ccccc2)s1. The van der Waals surface area contributed by atoms with Crippen LogP contribution in [0.2, 0.25) is 0 Å². The number of hydrogen-bond acceptors (Lipinski definition) is 7. The largest absolute Gasteiger partial charge is 0.495 e. The van der Waals surface area contributed by atoms with Gasteiger partial charge in [0.05, 0.1) is 18.0 Å². The molecule has 1 heterocycles. The van der Waals surface area contributed by atoms with Crippen molar-refractivity contribution in [2.45, 2.75) is 42.3 Å². The molecule has 8 heteroatoms. The van der Waals surface area contributed by atoms with Crippen LogP contribution in [0.1, 0.15) is 25.8 Å². The molecule has 6 nitrogen and oxygen atoms in total. The van der Waals surface area contributed by atoms with Crippen molar-refractivity contribution in [2.24, 2.45) is 0 Å². The van der Waals surface area contributed by atoms with Crippen molar-refractivity contribution in [2.75, 3.05) is 12.4 Å². The summed E-state index contributed by atoms with van der Waals surface area (Å²) >= 11 is 2.82. The molecular weight excluding hydrogens is 416 g/mol. The van der Waals surface area contributed by atoms with Crippen LogP contribution >= 0.6 is 23.1 Å². The summed E-state index contributed by atoms with van der Waals surface area (Å²) in [6.45, 7) is 3.93. The maximum atomic E-state index is 12.5. The smallest absolute Gasteiger partial charge is 0.233 e. The molecule has 0 fully saturated rings. The Morgan fingerprint density at radius 2 is 1.83 bits per heavy atom. The van der Waals surface area contributed by atoms with Gasteiger partial charge in [-0.25, -0.2) is 0 Å². The van der Waals surface area contributed by atoms with Crippen LogP contribution in [0.15, 0.2) is 58.9 Å². The third-order valence-corrected chi connectivity index (χ3v) is 6.52. The second-order valence-corrected chi connectivity index (χ2v) is 9.46. The number of para-hydroxylation sites is 2. The molecular formula is C22H26N4O2S2. The van der Waals surface area contributed by atoms with Gasteiger partial charge in [0.25, 0.3) is 0 Å². The average Bonchev–Trinajstić information content (AvgIpc) is 3.20. The fourth-order valence-corrected chi connectivity index (χ4v) is 4.75. The lowest BCUT2D eigenvalue weighted by atomic mass is 10.1. The van der Waals surface area contributed by atoms with Gasteiger partial charge in [-0.15, -0.1) is 10.2 Å². The molecule has 3 rings (SSSR count). The molecule has 3 aromatic rings. The topological polar surface area (TPSA) is 76.1 Å². The first-order valence-corrected chi connectivity index (χ1v) is 11.5. The summed E-state index contributed by atoms with van der Waals surface area (Å²) in [5.74, 6) is 0.745. The van der Waals surface area contributed by atoms with Gasteiger partial charge >= 0.3 is 0 Å². The molecule has 0 aliphatic rings. The Hall–Kier alpha value is -2.58. The van der Waals surface area contributed by atoms with Crippen LogP contribution in [0.3, 0.4) is 0 Å². The van der Waals surface area contributed by atoms with Crippen LogP contribution in [0.4, 0.5) is 10.8 Å². The molecule has 158 valence electrons. The minimum atomic E-state index is -0.253. The molecule has 2 atom stereocenters. The fourth-order valence-electron chi connectivity index (χ4n) is 2.84. The highest BCUT2D eigenvalue weighted by Crippen LogP contribution is 2.33. The number of rotatable bonds is 10. The number of methoxy groups -OCH3 is 1. The number of carbonyl (C=O) groups excluding carboxylic acids is 1. The Kier molecular flexibility index (Phi) is 8.10. The molecule has 0 aliphatic carbocycles. The molecule has 0 saturated carbocycles.